The minimum atomic E-state index is -0.744. The summed E-state index contributed by atoms with van der Waals surface area (Å²) < 4.78 is 1.05. The molecule has 0 radical (unpaired) electrons. The third kappa shape index (κ3) is 1.01. The van der Waals surface area contributed by atoms with Crippen LogP contribution < -0.4 is 0 Å². The molecule has 56 valence electrons. The second-order valence-corrected chi connectivity index (χ2v) is 1.75. The Labute approximate surface area is 61.0 Å². The number of aromatic nitrogens is 3. The Balaban J connectivity index is 3.30. The lowest BCUT2D eigenvalue weighted by molar-refractivity contribution is -0.389. The smallest absolute Gasteiger partial charge is 0.358 e. The highest BCUT2D eigenvalue weighted by Crippen LogP contribution is 2.10. The third-order valence-corrected chi connectivity index (χ3v) is 1.09. The van der Waals surface area contributed by atoms with Crippen molar-refractivity contribution >= 4 is 5.82 Å². The molecule has 1 heterocycles. The molecular formula is C4H3N5O2. The molecule has 7 heteroatoms. The van der Waals surface area contributed by atoms with E-state index in [-0.39, 0.29) is 5.69 Å². The number of rotatable bonds is 1. The zero-order chi connectivity index (χ0) is 8.43. The van der Waals surface area contributed by atoms with Crippen LogP contribution in [-0.4, -0.2) is 19.9 Å². The monoisotopic (exact) mass is 153 g/mol. The van der Waals surface area contributed by atoms with Gasteiger partial charge in [-0.25, -0.2) is 4.68 Å². The fourth-order valence-electron chi connectivity index (χ4n) is 0.592. The van der Waals surface area contributed by atoms with Crippen LogP contribution in [0.1, 0.15) is 5.69 Å². The molecule has 0 aromatic carbocycles. The summed E-state index contributed by atoms with van der Waals surface area (Å²) in [6, 6.07) is 1.62. The zero-order valence-electron chi connectivity index (χ0n) is 5.55. The molecule has 0 amide bonds. The summed E-state index contributed by atoms with van der Waals surface area (Å²) in [6.07, 6.45) is 0. The van der Waals surface area contributed by atoms with Gasteiger partial charge in [0.15, 0.2) is 0 Å². The van der Waals surface area contributed by atoms with Crippen LogP contribution in [-0.2, 0) is 7.05 Å². The zero-order valence-corrected chi connectivity index (χ0v) is 5.55. The number of nitro groups is 1. The van der Waals surface area contributed by atoms with Crippen molar-refractivity contribution in [3.8, 4) is 6.07 Å². The van der Waals surface area contributed by atoms with Gasteiger partial charge in [0.25, 0.3) is 0 Å². The van der Waals surface area contributed by atoms with E-state index in [1.165, 1.54) is 7.05 Å². The van der Waals surface area contributed by atoms with Crippen LogP contribution >= 0.6 is 0 Å². The average molecular weight is 153 g/mol. The largest absolute Gasteiger partial charge is 0.428 e. The summed E-state index contributed by atoms with van der Waals surface area (Å²) in [5.74, 6) is -0.505. The van der Waals surface area contributed by atoms with Crippen molar-refractivity contribution < 1.29 is 4.92 Å². The van der Waals surface area contributed by atoms with Crippen LogP contribution in [0, 0.1) is 21.4 Å². The van der Waals surface area contributed by atoms with E-state index in [9.17, 15) is 10.1 Å². The topological polar surface area (TPSA) is 97.6 Å². The molecule has 0 saturated carbocycles. The Morgan fingerprint density at radius 1 is 1.82 bits per heavy atom. The van der Waals surface area contributed by atoms with Crippen LogP contribution in [0.5, 0.6) is 0 Å². The van der Waals surface area contributed by atoms with Crippen molar-refractivity contribution in [1.29, 1.82) is 5.26 Å². The van der Waals surface area contributed by atoms with Gasteiger partial charge in [-0.1, -0.05) is 0 Å². The molecule has 1 aromatic heterocycles. The minimum Gasteiger partial charge on any atom is -0.358 e. The van der Waals surface area contributed by atoms with Gasteiger partial charge in [-0.05, 0) is 4.92 Å². The van der Waals surface area contributed by atoms with Gasteiger partial charge >= 0.3 is 5.82 Å². The molecular weight excluding hydrogens is 150 g/mol. The SMILES string of the molecule is Cn1nnc([N+](=O)[O-])c1C#N. The first-order valence-corrected chi connectivity index (χ1v) is 2.61. The molecule has 0 saturated heterocycles. The summed E-state index contributed by atoms with van der Waals surface area (Å²) in [5, 5.41) is 25.0. The first-order valence-electron chi connectivity index (χ1n) is 2.61. The van der Waals surface area contributed by atoms with Crippen molar-refractivity contribution in [3.63, 3.8) is 0 Å². The highest BCUT2D eigenvalue weighted by molar-refractivity contribution is 5.35. The molecule has 7 nitrogen and oxygen atoms in total. The first-order chi connectivity index (χ1) is 5.16. The molecule has 0 aliphatic heterocycles. The number of hydrogen-bond acceptors (Lipinski definition) is 5. The maximum Gasteiger partial charge on any atom is 0.428 e. The lowest BCUT2D eigenvalue weighted by atomic mass is 10.5. The van der Waals surface area contributed by atoms with E-state index in [0.717, 1.165) is 4.68 Å². The molecule has 0 unspecified atom stereocenters. The van der Waals surface area contributed by atoms with Crippen molar-refractivity contribution in [2.24, 2.45) is 7.05 Å². The van der Waals surface area contributed by atoms with Gasteiger partial charge in [-0.15, -0.1) is 0 Å². The van der Waals surface area contributed by atoms with Gasteiger partial charge in [-0.3, -0.25) is 0 Å². The normalized spacial score (nSPS) is 9.09. The Morgan fingerprint density at radius 2 is 2.45 bits per heavy atom. The molecule has 0 bridgehead atoms. The molecule has 0 aliphatic carbocycles. The van der Waals surface area contributed by atoms with Crippen molar-refractivity contribution in [2.45, 2.75) is 0 Å². The molecule has 0 spiro atoms. The Morgan fingerprint density at radius 3 is 2.82 bits per heavy atom. The fourth-order valence-corrected chi connectivity index (χ4v) is 0.592. The molecule has 0 fully saturated rings. The van der Waals surface area contributed by atoms with Crippen LogP contribution in [0.25, 0.3) is 0 Å². The van der Waals surface area contributed by atoms with Crippen molar-refractivity contribution in [3.05, 3.63) is 15.8 Å². The third-order valence-electron chi connectivity index (χ3n) is 1.09. The van der Waals surface area contributed by atoms with Crippen LogP contribution in [0.15, 0.2) is 0 Å². The fraction of sp³-hybridized carbons (Fsp3) is 0.250. The Hall–Kier alpha value is -1.97. The average Bonchev–Trinajstić information content (AvgIpc) is 2.30. The van der Waals surface area contributed by atoms with E-state index < -0.39 is 10.7 Å². The predicted octanol–water partition coefficient (Wildman–Crippen LogP) is -0.405. The number of nitriles is 1. The molecule has 1 rings (SSSR count). The lowest BCUT2D eigenvalue weighted by Gasteiger charge is -1.86. The highest BCUT2D eigenvalue weighted by Gasteiger charge is 2.21. The van der Waals surface area contributed by atoms with E-state index in [0.29, 0.717) is 0 Å². The number of hydrogen-bond donors (Lipinski definition) is 0. The van der Waals surface area contributed by atoms with Gasteiger partial charge in [0, 0.05) is 7.05 Å². The van der Waals surface area contributed by atoms with Crippen molar-refractivity contribution in [2.75, 3.05) is 0 Å². The maximum atomic E-state index is 10.1. The van der Waals surface area contributed by atoms with Gasteiger partial charge in [-0.2, -0.15) is 5.26 Å². The molecule has 1 aromatic rings. The van der Waals surface area contributed by atoms with Crippen LogP contribution in [0.2, 0.25) is 0 Å². The first kappa shape index (κ1) is 7.14. The van der Waals surface area contributed by atoms with E-state index in [1.807, 2.05) is 0 Å². The number of nitrogens with zero attached hydrogens (tertiary/aromatic N) is 5. The number of aryl methyl sites for hydroxylation is 1. The summed E-state index contributed by atoms with van der Waals surface area (Å²) in [6.45, 7) is 0. The summed E-state index contributed by atoms with van der Waals surface area (Å²) in [5.41, 5.74) is -0.144. The molecule has 11 heavy (non-hydrogen) atoms. The Bertz CT molecular complexity index is 335. The van der Waals surface area contributed by atoms with Crippen molar-refractivity contribution in [1.82, 2.24) is 15.0 Å². The van der Waals surface area contributed by atoms with E-state index in [2.05, 4.69) is 10.3 Å². The lowest BCUT2D eigenvalue weighted by Crippen LogP contribution is -1.95. The van der Waals surface area contributed by atoms with Gasteiger partial charge < -0.3 is 10.1 Å². The van der Waals surface area contributed by atoms with Gasteiger partial charge in [0.1, 0.15) is 11.2 Å². The molecule has 0 atom stereocenters. The van der Waals surface area contributed by atoms with Crippen LogP contribution in [0.3, 0.4) is 0 Å². The Kier molecular flexibility index (Phi) is 1.52. The second kappa shape index (κ2) is 2.34. The predicted molar refractivity (Wildman–Crippen MR) is 32.4 cm³/mol. The quantitative estimate of drug-likeness (QED) is 0.403. The van der Waals surface area contributed by atoms with E-state index >= 15 is 0 Å². The summed E-state index contributed by atoms with van der Waals surface area (Å²) in [7, 11) is 1.42. The highest BCUT2D eigenvalue weighted by atomic mass is 16.6. The van der Waals surface area contributed by atoms with Gasteiger partial charge in [0.05, 0.1) is 5.21 Å². The van der Waals surface area contributed by atoms with Gasteiger partial charge in [0.2, 0.25) is 5.69 Å². The molecule has 0 N–H and O–H groups in total. The standard InChI is InChI=1S/C4H3N5O2/c1-8-3(2-5)4(6-7-8)9(10)11/h1H3. The summed E-state index contributed by atoms with van der Waals surface area (Å²) in [4.78, 5) is 9.39. The molecule has 0 aliphatic rings. The maximum absolute atomic E-state index is 10.1. The second-order valence-electron chi connectivity index (χ2n) is 1.75. The summed E-state index contributed by atoms with van der Waals surface area (Å²) >= 11 is 0. The van der Waals surface area contributed by atoms with E-state index in [4.69, 9.17) is 5.26 Å². The van der Waals surface area contributed by atoms with E-state index in [1.54, 1.807) is 6.07 Å². The van der Waals surface area contributed by atoms with Crippen LogP contribution in [0.4, 0.5) is 5.82 Å². The minimum absolute atomic E-state index is 0.144.